The Bertz CT molecular complexity index is 1210. The fourth-order valence-corrected chi connectivity index (χ4v) is 5.22. The summed E-state index contributed by atoms with van der Waals surface area (Å²) in [6.45, 7) is 3.62. The summed E-state index contributed by atoms with van der Waals surface area (Å²) in [5, 5.41) is 0. The molecule has 2 aliphatic rings. The molecule has 168 valence electrons. The molecule has 0 spiro atoms. The van der Waals surface area contributed by atoms with Crippen LogP contribution in [0.1, 0.15) is 34.8 Å². The second-order valence-electron chi connectivity index (χ2n) is 8.29. The molecule has 2 aromatic rings. The maximum absolute atomic E-state index is 13.0. The fraction of sp³-hybridized carbons (Fsp3) is 0.348. The molecule has 0 unspecified atom stereocenters. The van der Waals surface area contributed by atoms with Gasteiger partial charge in [-0.25, -0.2) is 13.2 Å². The van der Waals surface area contributed by atoms with Gasteiger partial charge in [-0.1, -0.05) is 17.7 Å². The second kappa shape index (κ2) is 8.05. The molecule has 2 aliphatic heterocycles. The van der Waals surface area contributed by atoms with Gasteiger partial charge in [0.2, 0.25) is 10.0 Å². The number of carbonyl (C=O) groups excluding carboxylic acids is 3. The van der Waals surface area contributed by atoms with Crippen LogP contribution in [0.3, 0.4) is 0 Å². The first-order chi connectivity index (χ1) is 15.1. The molecular formula is C23H25N3O5S. The van der Waals surface area contributed by atoms with Crippen molar-refractivity contribution in [2.24, 2.45) is 0 Å². The third-order valence-electron chi connectivity index (χ3n) is 5.94. The van der Waals surface area contributed by atoms with Crippen LogP contribution in [-0.2, 0) is 21.2 Å². The normalized spacial score (nSPS) is 18.8. The monoisotopic (exact) mass is 455 g/mol. The van der Waals surface area contributed by atoms with Gasteiger partial charge in [0, 0.05) is 17.8 Å². The smallest absolute Gasteiger partial charge is 0.292 e. The Morgan fingerprint density at radius 1 is 1.09 bits per heavy atom. The minimum atomic E-state index is -3.40. The third-order valence-corrected chi connectivity index (χ3v) is 7.12. The Kier molecular flexibility index (Phi) is 5.54. The summed E-state index contributed by atoms with van der Waals surface area (Å²) in [6, 6.07) is 10.9. The zero-order valence-electron chi connectivity index (χ0n) is 18.2. The number of benzene rings is 2. The van der Waals surface area contributed by atoms with Crippen LogP contribution in [-0.4, -0.2) is 56.4 Å². The Balaban J connectivity index is 1.56. The molecule has 0 aliphatic carbocycles. The van der Waals surface area contributed by atoms with Gasteiger partial charge >= 0.3 is 6.03 Å². The average molecular weight is 456 g/mol. The lowest BCUT2D eigenvalue weighted by Crippen LogP contribution is -2.37. The number of ketones is 1. The zero-order chi connectivity index (χ0) is 23.2. The zero-order valence-corrected chi connectivity index (χ0v) is 19.1. The first-order valence-electron chi connectivity index (χ1n) is 10.4. The summed E-state index contributed by atoms with van der Waals surface area (Å²) in [7, 11) is -3.40. The van der Waals surface area contributed by atoms with Gasteiger partial charge in [-0.3, -0.25) is 23.7 Å². The molecule has 1 atom stereocenters. The van der Waals surface area contributed by atoms with E-state index < -0.39 is 28.0 Å². The Hall–Kier alpha value is -3.20. The first-order valence-corrected chi connectivity index (χ1v) is 12.3. The second-order valence-corrected chi connectivity index (χ2v) is 10.2. The van der Waals surface area contributed by atoms with Gasteiger partial charge in [-0.05, 0) is 62.6 Å². The van der Waals surface area contributed by atoms with E-state index in [0.29, 0.717) is 36.3 Å². The first kappa shape index (κ1) is 22.0. The molecule has 3 amide bonds. The van der Waals surface area contributed by atoms with Crippen molar-refractivity contribution in [2.75, 3.05) is 28.6 Å². The Labute approximate surface area is 187 Å². The molecule has 0 aromatic heterocycles. The van der Waals surface area contributed by atoms with Crippen LogP contribution < -0.4 is 9.21 Å². The molecule has 32 heavy (non-hydrogen) atoms. The van der Waals surface area contributed by atoms with Crippen molar-refractivity contribution in [3.8, 4) is 0 Å². The van der Waals surface area contributed by atoms with Crippen LogP contribution in [0.25, 0.3) is 0 Å². The van der Waals surface area contributed by atoms with E-state index in [-0.39, 0.29) is 12.3 Å². The molecule has 0 saturated carbocycles. The lowest BCUT2D eigenvalue weighted by atomic mass is 9.99. The van der Waals surface area contributed by atoms with E-state index in [0.717, 1.165) is 22.3 Å². The van der Waals surface area contributed by atoms with E-state index in [2.05, 4.69) is 0 Å². The van der Waals surface area contributed by atoms with E-state index in [9.17, 15) is 22.8 Å². The minimum Gasteiger partial charge on any atom is -0.292 e. The predicted molar refractivity (Wildman–Crippen MR) is 122 cm³/mol. The number of rotatable bonds is 5. The van der Waals surface area contributed by atoms with Crippen molar-refractivity contribution in [2.45, 2.75) is 32.7 Å². The van der Waals surface area contributed by atoms with Crippen LogP contribution >= 0.6 is 0 Å². The summed E-state index contributed by atoms with van der Waals surface area (Å²) in [4.78, 5) is 41.1. The molecule has 4 rings (SSSR count). The maximum Gasteiger partial charge on any atom is 0.332 e. The van der Waals surface area contributed by atoms with Crippen molar-refractivity contribution in [3.05, 3.63) is 59.2 Å². The molecular weight excluding hydrogens is 430 g/mol. The number of carbonyl (C=O) groups is 3. The topological polar surface area (TPSA) is 95.1 Å². The highest BCUT2D eigenvalue weighted by Crippen LogP contribution is 2.31. The van der Waals surface area contributed by atoms with Crippen LogP contribution in [0.4, 0.5) is 16.2 Å². The molecule has 1 fully saturated rings. The number of anilines is 2. The number of imide groups is 1. The van der Waals surface area contributed by atoms with Gasteiger partial charge < -0.3 is 0 Å². The van der Waals surface area contributed by atoms with Crippen molar-refractivity contribution >= 4 is 39.1 Å². The van der Waals surface area contributed by atoms with Gasteiger partial charge in [0.15, 0.2) is 5.78 Å². The molecule has 0 N–H and O–H groups in total. The van der Waals surface area contributed by atoms with Crippen LogP contribution in [0.5, 0.6) is 0 Å². The molecule has 2 heterocycles. The minimum absolute atomic E-state index is 0.348. The Morgan fingerprint density at radius 2 is 1.78 bits per heavy atom. The summed E-state index contributed by atoms with van der Waals surface area (Å²) in [5.41, 5.74) is 3.32. The van der Waals surface area contributed by atoms with E-state index in [1.54, 1.807) is 37.3 Å². The highest BCUT2D eigenvalue weighted by atomic mass is 32.2. The molecule has 0 radical (unpaired) electrons. The largest absolute Gasteiger partial charge is 0.332 e. The number of nitrogens with zero attached hydrogens (tertiary/aromatic N) is 3. The molecule has 8 nitrogen and oxygen atoms in total. The lowest BCUT2D eigenvalue weighted by molar-refractivity contribution is -0.126. The molecule has 0 bridgehead atoms. The number of sulfonamides is 1. The molecule has 2 aromatic carbocycles. The summed E-state index contributed by atoms with van der Waals surface area (Å²) in [6.07, 6.45) is 2.47. The third kappa shape index (κ3) is 3.88. The number of Topliss-reactive ketones (excluding diaryl/α,β-unsaturated/α-hetero) is 1. The predicted octanol–water partition coefficient (Wildman–Crippen LogP) is 2.75. The van der Waals surface area contributed by atoms with Gasteiger partial charge in [0.25, 0.3) is 5.91 Å². The van der Waals surface area contributed by atoms with Crippen molar-refractivity contribution in [1.29, 1.82) is 0 Å². The number of urea groups is 1. The SMILES string of the molecule is Cc1ccc(N2C(=O)N(CC(=O)c3ccc4c(c3)CCCN4S(C)(=O)=O)C(=O)[C@@H]2C)cc1. The summed E-state index contributed by atoms with van der Waals surface area (Å²) < 4.78 is 25.4. The van der Waals surface area contributed by atoms with Crippen LogP contribution in [0, 0.1) is 6.92 Å². The van der Waals surface area contributed by atoms with Crippen LogP contribution in [0.15, 0.2) is 42.5 Å². The van der Waals surface area contributed by atoms with Gasteiger partial charge in [-0.2, -0.15) is 0 Å². The van der Waals surface area contributed by atoms with E-state index in [1.807, 2.05) is 19.1 Å². The van der Waals surface area contributed by atoms with E-state index in [1.165, 1.54) is 9.21 Å². The number of hydrogen-bond donors (Lipinski definition) is 0. The van der Waals surface area contributed by atoms with E-state index in [4.69, 9.17) is 0 Å². The lowest BCUT2D eigenvalue weighted by Gasteiger charge is -2.29. The van der Waals surface area contributed by atoms with Gasteiger partial charge in [0.1, 0.15) is 6.04 Å². The number of amides is 3. The maximum atomic E-state index is 13.0. The van der Waals surface area contributed by atoms with Gasteiger partial charge in [-0.15, -0.1) is 0 Å². The molecule has 9 heteroatoms. The van der Waals surface area contributed by atoms with Crippen molar-refractivity contribution < 1.29 is 22.8 Å². The number of fused-ring (bicyclic) bond motifs is 1. The van der Waals surface area contributed by atoms with Crippen LogP contribution in [0.2, 0.25) is 0 Å². The van der Waals surface area contributed by atoms with Crippen molar-refractivity contribution in [1.82, 2.24) is 4.90 Å². The fourth-order valence-electron chi connectivity index (χ4n) is 4.23. The molecule has 1 saturated heterocycles. The number of hydrogen-bond acceptors (Lipinski definition) is 5. The average Bonchev–Trinajstić information content (AvgIpc) is 2.96. The highest BCUT2D eigenvalue weighted by Gasteiger charge is 2.44. The summed E-state index contributed by atoms with van der Waals surface area (Å²) >= 11 is 0. The van der Waals surface area contributed by atoms with E-state index >= 15 is 0 Å². The standard InChI is InChI=1S/C23H25N3O5S/c1-15-6-9-19(10-7-15)26-16(2)22(28)24(23(26)29)14-21(27)18-8-11-20-17(13-18)5-4-12-25(20)32(3,30)31/h6-11,13,16H,4-5,12,14H2,1-3H3/t16-/m0/s1. The highest BCUT2D eigenvalue weighted by molar-refractivity contribution is 7.92. The van der Waals surface area contributed by atoms with Gasteiger partial charge in [0.05, 0.1) is 18.5 Å². The van der Waals surface area contributed by atoms with Crippen molar-refractivity contribution in [3.63, 3.8) is 0 Å². The quantitative estimate of drug-likeness (QED) is 0.510. The summed E-state index contributed by atoms with van der Waals surface area (Å²) in [5.74, 6) is -0.797. The number of aryl methyl sites for hydroxylation is 2. The Morgan fingerprint density at radius 3 is 2.44 bits per heavy atom.